The van der Waals surface area contributed by atoms with Crippen molar-refractivity contribution in [2.75, 3.05) is 25.5 Å². The molecule has 216 valence electrons. The van der Waals surface area contributed by atoms with Crippen molar-refractivity contribution >= 4 is 41.1 Å². The van der Waals surface area contributed by atoms with E-state index in [1.165, 1.54) is 6.20 Å². The maximum absolute atomic E-state index is 16.0. The van der Waals surface area contributed by atoms with E-state index in [0.29, 0.717) is 29.1 Å². The molecule has 1 spiro atoms. The van der Waals surface area contributed by atoms with Crippen molar-refractivity contribution in [3.63, 3.8) is 0 Å². The summed E-state index contributed by atoms with van der Waals surface area (Å²) >= 11 is 12.6. The topological polar surface area (TPSA) is 95.2 Å². The lowest BCUT2D eigenvalue weighted by molar-refractivity contribution is -0.124. The number of amides is 1. The van der Waals surface area contributed by atoms with E-state index in [1.807, 2.05) is 6.07 Å². The zero-order valence-electron chi connectivity index (χ0n) is 23.3. The van der Waals surface area contributed by atoms with Gasteiger partial charge in [-0.25, -0.2) is 9.37 Å². The molecule has 1 aromatic carbocycles. The van der Waals surface area contributed by atoms with E-state index >= 15 is 4.39 Å². The molecule has 3 fully saturated rings. The van der Waals surface area contributed by atoms with Crippen LogP contribution in [0.2, 0.25) is 10.2 Å². The fourth-order valence-corrected chi connectivity index (χ4v) is 7.64. The number of pyridine rings is 1. The van der Waals surface area contributed by atoms with Crippen molar-refractivity contribution in [1.29, 1.82) is 0 Å². The van der Waals surface area contributed by atoms with Crippen LogP contribution in [0.1, 0.15) is 69.4 Å². The summed E-state index contributed by atoms with van der Waals surface area (Å²) in [5, 5.41) is 13.7. The van der Waals surface area contributed by atoms with Crippen LogP contribution >= 0.6 is 23.2 Å². The van der Waals surface area contributed by atoms with Crippen LogP contribution in [-0.2, 0) is 15.0 Å². The summed E-state index contributed by atoms with van der Waals surface area (Å²) in [6.07, 6.45) is 6.94. The number of carbonyl (C=O) groups is 2. The molecule has 3 atom stereocenters. The molecule has 1 saturated carbocycles. The third-order valence-electron chi connectivity index (χ3n) is 9.57. The van der Waals surface area contributed by atoms with Crippen molar-refractivity contribution in [2.24, 2.45) is 5.41 Å². The molecule has 5 rings (SSSR count). The molecule has 0 radical (unpaired) electrons. The smallest absolute Gasteiger partial charge is 0.238 e. The van der Waals surface area contributed by atoms with Gasteiger partial charge >= 0.3 is 0 Å². The van der Waals surface area contributed by atoms with Gasteiger partial charge in [0.05, 0.1) is 11.5 Å². The van der Waals surface area contributed by atoms with Crippen LogP contribution in [-0.4, -0.2) is 54.9 Å². The quantitative estimate of drug-likeness (QED) is 0.281. The van der Waals surface area contributed by atoms with Gasteiger partial charge in [-0.1, -0.05) is 43.1 Å². The van der Waals surface area contributed by atoms with Crippen LogP contribution in [0.5, 0.6) is 0 Å². The first-order chi connectivity index (χ1) is 19.1. The molecular weight excluding hydrogens is 552 g/mol. The molecule has 1 amide bonds. The number of hydrogen-bond donors (Lipinski definition) is 4. The van der Waals surface area contributed by atoms with Gasteiger partial charge in [-0.05, 0) is 86.4 Å². The number of anilines is 1. The minimum absolute atomic E-state index is 0.00190. The van der Waals surface area contributed by atoms with E-state index in [-0.39, 0.29) is 28.1 Å². The van der Waals surface area contributed by atoms with Gasteiger partial charge < -0.3 is 20.7 Å². The summed E-state index contributed by atoms with van der Waals surface area (Å²) in [6.45, 7) is 6.07. The predicted octanol–water partition coefficient (Wildman–Crippen LogP) is 4.97. The summed E-state index contributed by atoms with van der Waals surface area (Å²) in [5.74, 6) is -1.84. The number of piperidine rings is 1. The summed E-state index contributed by atoms with van der Waals surface area (Å²) in [5.41, 5.74) is -0.514. The second kappa shape index (κ2) is 11.2. The molecule has 0 unspecified atom stereocenters. The van der Waals surface area contributed by atoms with Gasteiger partial charge in [-0.2, -0.15) is 0 Å². The minimum atomic E-state index is -1.31. The van der Waals surface area contributed by atoms with Crippen molar-refractivity contribution in [3.8, 4) is 0 Å². The molecule has 2 saturated heterocycles. The van der Waals surface area contributed by atoms with Gasteiger partial charge in [0.25, 0.3) is 0 Å². The average Bonchev–Trinajstić information content (AvgIpc) is 3.23. The molecular formula is C30H38Cl2FN5O2. The first-order valence-electron chi connectivity index (χ1n) is 14.1. The Balaban J connectivity index is 1.75. The molecule has 4 N–H and O–H groups in total. The van der Waals surface area contributed by atoms with E-state index in [4.69, 9.17) is 23.2 Å². The standard InChI is InChI=1S/C30H38Cl2FN5O2/c1-28(2)9-11-29(12-10-28)30(17-39,21-5-4-18(31)16-22(21)34-3)23(20-8-15-36-26(32)24(20)33)25(38-29)27(40)37-19-6-13-35-14-7-19/h4-5,8,15-17,19,23,25,34-35,38H,6-7,9-14H2,1-3H3,(H,37,40)/t23-,25+,30+/m0/s1. The molecule has 40 heavy (non-hydrogen) atoms. The maximum atomic E-state index is 16.0. The van der Waals surface area contributed by atoms with Crippen molar-refractivity contribution < 1.29 is 14.0 Å². The summed E-state index contributed by atoms with van der Waals surface area (Å²) < 4.78 is 16.0. The van der Waals surface area contributed by atoms with Crippen molar-refractivity contribution in [3.05, 3.63) is 57.6 Å². The number of nitrogens with one attached hydrogen (secondary N) is 4. The minimum Gasteiger partial charge on any atom is -0.388 e. The van der Waals surface area contributed by atoms with Gasteiger partial charge in [-0.15, -0.1) is 0 Å². The highest BCUT2D eigenvalue weighted by Gasteiger charge is 2.68. The fourth-order valence-electron chi connectivity index (χ4n) is 7.30. The second-order valence-electron chi connectivity index (χ2n) is 12.3. The van der Waals surface area contributed by atoms with Crippen molar-refractivity contribution in [1.82, 2.24) is 20.9 Å². The Morgan fingerprint density at radius 3 is 2.48 bits per heavy atom. The fraction of sp³-hybridized carbons (Fsp3) is 0.567. The summed E-state index contributed by atoms with van der Waals surface area (Å²) in [4.78, 5) is 31.9. The highest BCUT2D eigenvalue weighted by Crippen LogP contribution is 2.60. The second-order valence-corrected chi connectivity index (χ2v) is 13.1. The Kier molecular flexibility index (Phi) is 8.18. The zero-order chi connectivity index (χ0) is 28.7. The molecule has 3 heterocycles. The van der Waals surface area contributed by atoms with Crippen LogP contribution in [0, 0.1) is 11.2 Å². The number of halogens is 3. The first kappa shape index (κ1) is 29.2. The maximum Gasteiger partial charge on any atom is 0.238 e. The van der Waals surface area contributed by atoms with Gasteiger partial charge in [0.15, 0.2) is 11.0 Å². The highest BCUT2D eigenvalue weighted by atomic mass is 35.5. The van der Waals surface area contributed by atoms with Gasteiger partial charge in [0.2, 0.25) is 5.91 Å². The monoisotopic (exact) mass is 589 g/mol. The molecule has 2 aromatic rings. The lowest BCUT2D eigenvalue weighted by atomic mass is 9.53. The normalized spacial score (nSPS) is 27.9. The summed E-state index contributed by atoms with van der Waals surface area (Å²) in [6, 6.07) is 6.04. The van der Waals surface area contributed by atoms with Gasteiger partial charge in [0, 0.05) is 41.5 Å². The molecule has 3 aliphatic rings. The zero-order valence-corrected chi connectivity index (χ0v) is 24.8. The first-order valence-corrected chi connectivity index (χ1v) is 14.9. The number of benzene rings is 1. The Morgan fingerprint density at radius 2 is 1.82 bits per heavy atom. The lowest BCUT2D eigenvalue weighted by Gasteiger charge is -2.51. The molecule has 1 aliphatic carbocycles. The number of hydrogen-bond acceptors (Lipinski definition) is 6. The van der Waals surface area contributed by atoms with Gasteiger partial charge in [0.1, 0.15) is 6.29 Å². The number of nitrogens with zero attached hydrogens (tertiary/aromatic N) is 1. The van der Waals surface area contributed by atoms with Crippen molar-refractivity contribution in [2.45, 2.75) is 81.3 Å². The highest BCUT2D eigenvalue weighted by molar-refractivity contribution is 6.31. The average molecular weight is 591 g/mol. The molecule has 0 bridgehead atoms. The van der Waals surface area contributed by atoms with E-state index in [0.717, 1.165) is 45.1 Å². The van der Waals surface area contributed by atoms with Crippen LogP contribution in [0.4, 0.5) is 10.1 Å². The van der Waals surface area contributed by atoms with E-state index in [1.54, 1.807) is 25.2 Å². The molecule has 1 aromatic heterocycles. The van der Waals surface area contributed by atoms with E-state index in [9.17, 15) is 9.59 Å². The van der Waals surface area contributed by atoms with Crippen LogP contribution < -0.4 is 21.3 Å². The van der Waals surface area contributed by atoms with Crippen LogP contribution in [0.25, 0.3) is 0 Å². The Labute approximate surface area is 245 Å². The van der Waals surface area contributed by atoms with E-state index < -0.39 is 28.7 Å². The van der Waals surface area contributed by atoms with Crippen LogP contribution in [0.3, 0.4) is 0 Å². The van der Waals surface area contributed by atoms with Gasteiger partial charge in [-0.3, -0.25) is 10.1 Å². The Bertz CT molecular complexity index is 1270. The van der Waals surface area contributed by atoms with Crippen LogP contribution in [0.15, 0.2) is 30.5 Å². The summed E-state index contributed by atoms with van der Waals surface area (Å²) in [7, 11) is 1.77. The lowest BCUT2D eigenvalue weighted by Crippen LogP contribution is -2.60. The third kappa shape index (κ3) is 4.91. The third-order valence-corrected chi connectivity index (χ3v) is 10.1. The number of aromatic nitrogens is 1. The van der Waals surface area contributed by atoms with E-state index in [2.05, 4.69) is 40.1 Å². The Hall–Kier alpha value is -2.26. The molecule has 10 heteroatoms. The number of rotatable bonds is 6. The number of carbonyl (C=O) groups excluding carboxylic acids is 2. The number of aldehydes is 1. The SMILES string of the molecule is CNc1cc(Cl)ccc1[C@]1(C=O)[C@@H](c2ccnc(Cl)c2F)[C@H](C(=O)NC2CCNCC2)NC12CCC(C)(C)CC2. The molecule has 2 aliphatic heterocycles. The largest absolute Gasteiger partial charge is 0.388 e. The Morgan fingerprint density at radius 1 is 1.12 bits per heavy atom. The predicted molar refractivity (Wildman–Crippen MR) is 157 cm³/mol. The molecule has 7 nitrogen and oxygen atoms in total.